The Morgan fingerprint density at radius 3 is 2.46 bits per heavy atom. The average Bonchev–Trinajstić information content (AvgIpc) is 2.11. The van der Waals surface area contributed by atoms with E-state index in [2.05, 4.69) is 13.2 Å². The Labute approximate surface area is 85.0 Å². The molecule has 0 radical (unpaired) electrons. The monoisotopic (exact) mass is 204 g/mol. The van der Waals surface area contributed by atoms with Crippen molar-refractivity contribution in [2.45, 2.75) is 32.4 Å². The number of thioether (sulfide) groups is 1. The van der Waals surface area contributed by atoms with Crippen molar-refractivity contribution in [1.82, 2.24) is 4.90 Å². The van der Waals surface area contributed by atoms with Crippen LogP contribution >= 0.6 is 11.8 Å². The Bertz CT molecular complexity index is 162. The predicted molar refractivity (Wildman–Crippen MR) is 58.9 cm³/mol. The smallest absolute Gasteiger partial charge is 0.239 e. The topological polar surface area (TPSA) is 46.3 Å². The third kappa shape index (κ3) is 4.52. The predicted octanol–water partition coefficient (Wildman–Crippen LogP) is 0.934. The maximum atomic E-state index is 11.4. The Morgan fingerprint density at radius 2 is 2.08 bits per heavy atom. The van der Waals surface area contributed by atoms with Crippen LogP contribution in [-0.4, -0.2) is 41.9 Å². The van der Waals surface area contributed by atoms with Crippen molar-refractivity contribution in [3.05, 3.63) is 0 Å². The maximum absolute atomic E-state index is 11.4. The molecule has 0 spiro atoms. The van der Waals surface area contributed by atoms with E-state index in [1.165, 1.54) is 0 Å². The highest BCUT2D eigenvalue weighted by molar-refractivity contribution is 7.98. The molecule has 2 N–H and O–H groups in total. The van der Waals surface area contributed by atoms with Crippen molar-refractivity contribution in [1.29, 1.82) is 0 Å². The summed E-state index contributed by atoms with van der Waals surface area (Å²) in [6, 6.07) is -0.104. The van der Waals surface area contributed by atoms with Crippen LogP contribution in [-0.2, 0) is 4.79 Å². The summed E-state index contributed by atoms with van der Waals surface area (Å²) in [5.41, 5.74) is 5.51. The van der Waals surface area contributed by atoms with Gasteiger partial charge in [0, 0.05) is 13.1 Å². The van der Waals surface area contributed by atoms with Gasteiger partial charge in [-0.15, -0.1) is 0 Å². The number of nitrogens with two attached hydrogens (primary N) is 1. The summed E-state index contributed by atoms with van der Waals surface area (Å²) in [7, 11) is 1.82. The van der Waals surface area contributed by atoms with E-state index in [4.69, 9.17) is 5.73 Å². The minimum atomic E-state index is -0.387. The largest absolute Gasteiger partial charge is 0.342 e. The van der Waals surface area contributed by atoms with Gasteiger partial charge in [-0.25, -0.2) is 0 Å². The zero-order chi connectivity index (χ0) is 10.4. The van der Waals surface area contributed by atoms with E-state index in [-0.39, 0.29) is 18.0 Å². The second-order valence-electron chi connectivity index (χ2n) is 3.37. The fraction of sp³-hybridized carbons (Fsp3) is 0.889. The highest BCUT2D eigenvalue weighted by atomic mass is 32.2. The molecule has 0 aliphatic rings. The molecule has 0 saturated heterocycles. The summed E-state index contributed by atoms with van der Waals surface area (Å²) in [5, 5.41) is 0. The van der Waals surface area contributed by atoms with Gasteiger partial charge in [0.15, 0.2) is 0 Å². The van der Waals surface area contributed by atoms with Gasteiger partial charge in [-0.3, -0.25) is 4.79 Å². The molecule has 0 saturated carbocycles. The highest BCUT2D eigenvalue weighted by Crippen LogP contribution is 2.06. The number of amides is 1. The minimum absolute atomic E-state index is 0.0219. The third-order valence-electron chi connectivity index (χ3n) is 2.14. The number of likely N-dealkylation sites (N-methyl/N-ethyl adjacent to an activating group) is 1. The van der Waals surface area contributed by atoms with E-state index < -0.39 is 0 Å². The van der Waals surface area contributed by atoms with Crippen LogP contribution in [0.2, 0.25) is 0 Å². The summed E-state index contributed by atoms with van der Waals surface area (Å²) in [6.07, 6.45) is 3.09. The lowest BCUT2D eigenvalue weighted by atomic mass is 10.2. The van der Waals surface area contributed by atoms with Gasteiger partial charge in [-0.1, -0.05) is 0 Å². The zero-order valence-corrected chi connectivity index (χ0v) is 9.73. The number of hydrogen-bond donors (Lipinski definition) is 1. The molecule has 0 aromatic rings. The fourth-order valence-electron chi connectivity index (χ4n) is 1.02. The van der Waals surface area contributed by atoms with E-state index >= 15 is 0 Å². The Morgan fingerprint density at radius 1 is 1.54 bits per heavy atom. The summed E-state index contributed by atoms with van der Waals surface area (Å²) in [6.45, 7) is 3.77. The lowest BCUT2D eigenvalue weighted by molar-refractivity contribution is -0.132. The van der Waals surface area contributed by atoms with Crippen LogP contribution in [0.4, 0.5) is 0 Å². The number of carbonyl (C=O) groups is 1. The molecule has 1 amide bonds. The van der Waals surface area contributed by atoms with E-state index in [1.807, 2.05) is 7.05 Å². The van der Waals surface area contributed by atoms with Gasteiger partial charge in [0.05, 0.1) is 6.04 Å². The van der Waals surface area contributed by atoms with Gasteiger partial charge >= 0.3 is 0 Å². The molecule has 3 nitrogen and oxygen atoms in total. The van der Waals surface area contributed by atoms with Crippen LogP contribution < -0.4 is 5.73 Å². The van der Waals surface area contributed by atoms with Crippen molar-refractivity contribution >= 4 is 17.7 Å². The summed E-state index contributed by atoms with van der Waals surface area (Å²) >= 11 is 1.80. The molecule has 0 aliphatic heterocycles. The van der Waals surface area contributed by atoms with Gasteiger partial charge < -0.3 is 10.6 Å². The molecule has 0 aromatic heterocycles. The molecule has 0 rings (SSSR count). The average molecular weight is 204 g/mol. The van der Waals surface area contributed by atoms with Gasteiger partial charge in [0.25, 0.3) is 0 Å². The van der Waals surface area contributed by atoms with Crippen LogP contribution in [0.25, 0.3) is 0 Å². The van der Waals surface area contributed by atoms with E-state index in [0.29, 0.717) is 0 Å². The molecule has 78 valence electrons. The van der Waals surface area contributed by atoms with Gasteiger partial charge in [0.1, 0.15) is 0 Å². The zero-order valence-electron chi connectivity index (χ0n) is 8.91. The molecule has 2 atom stereocenters. The molecule has 0 aromatic carbocycles. The van der Waals surface area contributed by atoms with Crippen molar-refractivity contribution in [2.75, 3.05) is 19.1 Å². The van der Waals surface area contributed by atoms with Crippen LogP contribution in [0.15, 0.2) is 0 Å². The molecule has 0 bridgehead atoms. The molecular formula is C9H20N2OS. The van der Waals surface area contributed by atoms with E-state index in [0.717, 1.165) is 12.2 Å². The minimum Gasteiger partial charge on any atom is -0.342 e. The first kappa shape index (κ1) is 12.8. The molecular weight excluding hydrogens is 184 g/mol. The normalized spacial score (nSPS) is 15.2. The first-order valence-corrected chi connectivity index (χ1v) is 5.91. The first-order chi connectivity index (χ1) is 6.00. The number of nitrogens with zero attached hydrogens (tertiary/aromatic N) is 1. The van der Waals surface area contributed by atoms with Gasteiger partial charge in [-0.05, 0) is 32.3 Å². The number of rotatable bonds is 5. The Hall–Kier alpha value is -0.220. The van der Waals surface area contributed by atoms with E-state index in [9.17, 15) is 4.79 Å². The van der Waals surface area contributed by atoms with Gasteiger partial charge in [0.2, 0.25) is 5.91 Å². The van der Waals surface area contributed by atoms with Crippen molar-refractivity contribution in [3.8, 4) is 0 Å². The quantitative estimate of drug-likeness (QED) is 0.725. The molecule has 4 heteroatoms. The van der Waals surface area contributed by atoms with E-state index in [1.54, 1.807) is 23.6 Å². The highest BCUT2D eigenvalue weighted by Gasteiger charge is 2.17. The number of hydrogen-bond acceptors (Lipinski definition) is 3. The van der Waals surface area contributed by atoms with Gasteiger partial charge in [-0.2, -0.15) is 11.8 Å². The summed E-state index contributed by atoms with van der Waals surface area (Å²) in [5.74, 6) is 1.10. The van der Waals surface area contributed by atoms with Crippen LogP contribution in [0.3, 0.4) is 0 Å². The second-order valence-corrected chi connectivity index (χ2v) is 4.35. The first-order valence-electron chi connectivity index (χ1n) is 4.52. The van der Waals surface area contributed by atoms with Crippen molar-refractivity contribution in [3.63, 3.8) is 0 Å². The molecule has 0 fully saturated rings. The molecule has 0 heterocycles. The van der Waals surface area contributed by atoms with Crippen LogP contribution in [0.5, 0.6) is 0 Å². The molecule has 13 heavy (non-hydrogen) atoms. The summed E-state index contributed by atoms with van der Waals surface area (Å²) < 4.78 is 0. The van der Waals surface area contributed by atoms with Crippen LogP contribution in [0.1, 0.15) is 20.3 Å². The number of carbonyl (C=O) groups excluding carboxylic acids is 1. The maximum Gasteiger partial charge on any atom is 0.239 e. The standard InChI is InChI=1S/C9H20N2OS/c1-7(5-6-13-4)11(3)9(12)8(2)10/h7-8H,5-6,10H2,1-4H3. The third-order valence-corrected chi connectivity index (χ3v) is 2.78. The molecule has 2 unspecified atom stereocenters. The fourth-order valence-corrected chi connectivity index (χ4v) is 1.60. The Balaban J connectivity index is 3.94. The van der Waals surface area contributed by atoms with Crippen LogP contribution in [0, 0.1) is 0 Å². The summed E-state index contributed by atoms with van der Waals surface area (Å²) in [4.78, 5) is 13.2. The second kappa shape index (κ2) is 6.27. The Kier molecular flexibility index (Phi) is 6.16. The lowest BCUT2D eigenvalue weighted by Crippen LogP contribution is -2.44. The SMILES string of the molecule is CSCCC(C)N(C)C(=O)C(C)N. The van der Waals surface area contributed by atoms with Crippen molar-refractivity contribution in [2.24, 2.45) is 5.73 Å². The lowest BCUT2D eigenvalue weighted by Gasteiger charge is -2.26. The molecule has 0 aliphatic carbocycles. The van der Waals surface area contributed by atoms with Crippen molar-refractivity contribution < 1.29 is 4.79 Å².